The van der Waals surface area contributed by atoms with Gasteiger partial charge in [-0.15, -0.1) is 0 Å². The van der Waals surface area contributed by atoms with E-state index in [2.05, 4.69) is 10.1 Å². The van der Waals surface area contributed by atoms with Gasteiger partial charge in [0, 0.05) is 35.1 Å². The molecule has 1 aromatic carbocycles. The van der Waals surface area contributed by atoms with E-state index in [-0.39, 0.29) is 0 Å². The van der Waals surface area contributed by atoms with Gasteiger partial charge in [-0.25, -0.2) is 0 Å². The van der Waals surface area contributed by atoms with Gasteiger partial charge < -0.3 is 9.74 Å². The van der Waals surface area contributed by atoms with Crippen LogP contribution in [0.15, 0.2) is 53.9 Å². The van der Waals surface area contributed by atoms with Crippen LogP contribution in [0.5, 0.6) is 0 Å². The van der Waals surface area contributed by atoms with Gasteiger partial charge in [0.05, 0.1) is 0 Å². The molecule has 21 heavy (non-hydrogen) atoms. The summed E-state index contributed by atoms with van der Waals surface area (Å²) in [6.07, 6.45) is 3.50. The van der Waals surface area contributed by atoms with Gasteiger partial charge in [0.2, 0.25) is 0 Å². The summed E-state index contributed by atoms with van der Waals surface area (Å²) in [6.45, 7) is 1.34. The molecule has 0 bridgehead atoms. The monoisotopic (exact) mass is 303 g/mol. The zero-order valence-corrected chi connectivity index (χ0v) is 12.9. The number of oxime groups is 1. The molecule has 1 heterocycles. The summed E-state index contributed by atoms with van der Waals surface area (Å²) < 4.78 is 0. The number of hydrogen-bond donors (Lipinski definition) is 0. The van der Waals surface area contributed by atoms with Crippen LogP contribution in [0.25, 0.3) is 0 Å². The smallest absolute Gasteiger partial charge is 0.129 e. The van der Waals surface area contributed by atoms with Crippen molar-refractivity contribution in [3.63, 3.8) is 0 Å². The van der Waals surface area contributed by atoms with Gasteiger partial charge in [0.25, 0.3) is 0 Å². The summed E-state index contributed by atoms with van der Waals surface area (Å²) >= 11 is 5.94. The summed E-state index contributed by atoms with van der Waals surface area (Å²) in [7, 11) is 3.99. The van der Waals surface area contributed by atoms with Crippen molar-refractivity contribution in [2.45, 2.75) is 0 Å². The van der Waals surface area contributed by atoms with Gasteiger partial charge >= 0.3 is 0 Å². The molecule has 0 unspecified atom stereocenters. The maximum absolute atomic E-state index is 5.94. The van der Waals surface area contributed by atoms with Crippen LogP contribution in [0, 0.1) is 0 Å². The van der Waals surface area contributed by atoms with Crippen molar-refractivity contribution in [1.29, 1.82) is 0 Å². The van der Waals surface area contributed by atoms with Crippen LogP contribution in [0.3, 0.4) is 0 Å². The van der Waals surface area contributed by atoms with Crippen LogP contribution < -0.4 is 0 Å². The molecule has 5 heteroatoms. The molecule has 4 nitrogen and oxygen atoms in total. The molecule has 0 saturated heterocycles. The Bertz CT molecular complexity index is 582. The second-order valence-electron chi connectivity index (χ2n) is 4.82. The minimum Gasteiger partial charge on any atom is -0.394 e. The van der Waals surface area contributed by atoms with E-state index in [1.165, 1.54) is 0 Å². The molecule has 0 radical (unpaired) electrons. The number of aromatic nitrogens is 1. The lowest BCUT2D eigenvalue weighted by Gasteiger charge is -2.10. The zero-order valence-electron chi connectivity index (χ0n) is 12.2. The predicted octanol–water partition coefficient (Wildman–Crippen LogP) is 3.07. The summed E-state index contributed by atoms with van der Waals surface area (Å²) in [4.78, 5) is 11.6. The molecule has 0 aliphatic carbocycles. The number of pyridine rings is 1. The van der Waals surface area contributed by atoms with E-state index in [9.17, 15) is 0 Å². The summed E-state index contributed by atoms with van der Waals surface area (Å²) in [5.74, 6) is 0. The Kier molecular flexibility index (Phi) is 5.72. The number of rotatable bonds is 6. The van der Waals surface area contributed by atoms with Crippen LogP contribution >= 0.6 is 11.6 Å². The van der Waals surface area contributed by atoms with Gasteiger partial charge in [0.1, 0.15) is 12.3 Å². The van der Waals surface area contributed by atoms with Gasteiger partial charge in [-0.2, -0.15) is 0 Å². The molecule has 0 atom stereocenters. The van der Waals surface area contributed by atoms with E-state index >= 15 is 0 Å². The highest BCUT2D eigenvalue weighted by Crippen LogP contribution is 2.14. The maximum atomic E-state index is 5.94. The highest BCUT2D eigenvalue weighted by molar-refractivity contribution is 6.30. The molecule has 2 rings (SSSR count). The summed E-state index contributed by atoms with van der Waals surface area (Å²) in [5, 5.41) is 4.97. The molecular weight excluding hydrogens is 286 g/mol. The van der Waals surface area contributed by atoms with E-state index in [0.29, 0.717) is 11.6 Å². The normalized spacial score (nSPS) is 11.7. The average Bonchev–Trinajstić information content (AvgIpc) is 2.49. The number of nitrogens with zero attached hydrogens (tertiary/aromatic N) is 3. The van der Waals surface area contributed by atoms with Crippen molar-refractivity contribution in [2.24, 2.45) is 5.16 Å². The number of benzene rings is 1. The van der Waals surface area contributed by atoms with Crippen molar-refractivity contribution >= 4 is 17.3 Å². The first kappa shape index (κ1) is 15.5. The van der Waals surface area contributed by atoms with Gasteiger partial charge in [-0.1, -0.05) is 28.9 Å². The fourth-order valence-electron chi connectivity index (χ4n) is 1.72. The third-order valence-electron chi connectivity index (χ3n) is 2.84. The Morgan fingerprint density at radius 2 is 1.95 bits per heavy atom. The molecule has 0 amide bonds. The van der Waals surface area contributed by atoms with Crippen molar-refractivity contribution in [2.75, 3.05) is 27.2 Å². The molecular formula is C16H18ClN3O. The minimum atomic E-state index is 0.532. The second kappa shape index (κ2) is 7.76. The Hall–Kier alpha value is -1.91. The standard InChI is InChI=1S/C16H18ClN3O/c1-20(2)10-11-21-19-16(14-4-3-9-18-12-14)13-5-7-15(17)8-6-13/h3-9,12H,10-11H2,1-2H3/b19-16+. The highest BCUT2D eigenvalue weighted by Gasteiger charge is 2.08. The molecule has 2 aromatic rings. The molecule has 0 aliphatic heterocycles. The quantitative estimate of drug-likeness (QED) is 0.467. The lowest BCUT2D eigenvalue weighted by Crippen LogP contribution is -2.17. The second-order valence-corrected chi connectivity index (χ2v) is 5.26. The molecule has 0 N–H and O–H groups in total. The fourth-order valence-corrected chi connectivity index (χ4v) is 1.84. The molecule has 110 valence electrons. The first-order valence-corrected chi connectivity index (χ1v) is 7.05. The molecule has 0 aliphatic rings. The molecule has 1 aromatic heterocycles. The largest absolute Gasteiger partial charge is 0.394 e. The molecule has 0 spiro atoms. The van der Waals surface area contributed by atoms with E-state index in [1.54, 1.807) is 12.4 Å². The average molecular weight is 304 g/mol. The zero-order chi connectivity index (χ0) is 15.1. The van der Waals surface area contributed by atoms with Crippen molar-refractivity contribution in [1.82, 2.24) is 9.88 Å². The Morgan fingerprint density at radius 1 is 1.19 bits per heavy atom. The number of likely N-dealkylation sites (N-methyl/N-ethyl adjacent to an activating group) is 1. The number of hydrogen-bond acceptors (Lipinski definition) is 4. The van der Waals surface area contributed by atoms with Gasteiger partial charge in [0.15, 0.2) is 0 Å². The van der Waals surface area contributed by atoms with Crippen LogP contribution in [0.1, 0.15) is 11.1 Å². The Morgan fingerprint density at radius 3 is 2.57 bits per heavy atom. The van der Waals surface area contributed by atoms with Crippen molar-refractivity contribution in [3.8, 4) is 0 Å². The first-order valence-electron chi connectivity index (χ1n) is 6.68. The van der Waals surface area contributed by atoms with Crippen molar-refractivity contribution < 1.29 is 4.84 Å². The first-order chi connectivity index (χ1) is 10.2. The maximum Gasteiger partial charge on any atom is 0.129 e. The van der Waals surface area contributed by atoms with E-state index in [0.717, 1.165) is 23.4 Å². The van der Waals surface area contributed by atoms with Gasteiger partial charge in [-0.3, -0.25) is 4.98 Å². The lowest BCUT2D eigenvalue weighted by atomic mass is 10.0. The van der Waals surface area contributed by atoms with Crippen molar-refractivity contribution in [3.05, 3.63) is 64.9 Å². The van der Waals surface area contributed by atoms with Crippen LogP contribution in [-0.2, 0) is 4.84 Å². The van der Waals surface area contributed by atoms with Crippen LogP contribution in [-0.4, -0.2) is 42.8 Å². The predicted molar refractivity (Wildman–Crippen MR) is 85.8 cm³/mol. The molecule has 0 saturated carbocycles. The minimum absolute atomic E-state index is 0.532. The topological polar surface area (TPSA) is 37.7 Å². The summed E-state index contributed by atoms with van der Waals surface area (Å²) in [6, 6.07) is 11.3. The highest BCUT2D eigenvalue weighted by atomic mass is 35.5. The Labute approximate surface area is 130 Å². The van der Waals surface area contributed by atoms with E-state index in [4.69, 9.17) is 16.4 Å². The SMILES string of the molecule is CN(C)CCO/N=C(\c1ccc(Cl)cc1)c1cccnc1. The fraction of sp³-hybridized carbons (Fsp3) is 0.250. The van der Waals surface area contributed by atoms with E-state index in [1.807, 2.05) is 55.4 Å². The number of halogens is 1. The third kappa shape index (κ3) is 4.85. The van der Waals surface area contributed by atoms with Crippen LogP contribution in [0.2, 0.25) is 5.02 Å². The van der Waals surface area contributed by atoms with Gasteiger partial charge in [-0.05, 0) is 38.4 Å². The third-order valence-corrected chi connectivity index (χ3v) is 3.09. The Balaban J connectivity index is 2.22. The lowest BCUT2D eigenvalue weighted by molar-refractivity contribution is 0.126. The van der Waals surface area contributed by atoms with E-state index < -0.39 is 0 Å². The molecule has 0 fully saturated rings. The summed E-state index contributed by atoms with van der Waals surface area (Å²) in [5.41, 5.74) is 2.60. The van der Waals surface area contributed by atoms with Crippen LogP contribution in [0.4, 0.5) is 0 Å².